The molecular formula is C9H16O4. The number of aliphatic hydroxyl groups is 1. The van der Waals surface area contributed by atoms with Gasteiger partial charge in [-0.05, 0) is 38.5 Å². The summed E-state index contributed by atoms with van der Waals surface area (Å²) >= 11 is 0. The topological polar surface area (TPSA) is 66.8 Å². The first-order valence-electron chi connectivity index (χ1n) is 4.76. The molecule has 0 amide bonds. The molecule has 1 rings (SSSR count). The molecule has 1 saturated carbocycles. The van der Waals surface area contributed by atoms with Gasteiger partial charge in [-0.2, -0.15) is 0 Å². The molecule has 76 valence electrons. The third kappa shape index (κ3) is 4.12. The molecule has 0 radical (unpaired) electrons. The van der Waals surface area contributed by atoms with E-state index in [1.54, 1.807) is 0 Å². The van der Waals surface area contributed by atoms with Crippen LogP contribution >= 0.6 is 0 Å². The molecule has 1 fully saturated rings. The van der Waals surface area contributed by atoms with E-state index in [4.69, 9.17) is 9.84 Å². The maximum absolute atomic E-state index is 10.3. The molecule has 0 heterocycles. The maximum atomic E-state index is 10.3. The Morgan fingerprint density at radius 2 is 1.69 bits per heavy atom. The molecule has 4 nitrogen and oxygen atoms in total. The molecule has 0 atom stereocenters. The lowest BCUT2D eigenvalue weighted by Gasteiger charge is -2.20. The Morgan fingerprint density at radius 3 is 2.15 bits per heavy atom. The highest BCUT2D eigenvalue weighted by molar-refractivity contribution is 5.57. The van der Waals surface area contributed by atoms with Crippen molar-refractivity contribution < 1.29 is 19.7 Å². The smallest absolute Gasteiger partial charge is 0.450 e. The molecule has 13 heavy (non-hydrogen) atoms. The van der Waals surface area contributed by atoms with Crippen LogP contribution in [0.15, 0.2) is 0 Å². The highest BCUT2D eigenvalue weighted by atomic mass is 16.7. The molecule has 0 aromatic rings. The van der Waals surface area contributed by atoms with Gasteiger partial charge in [0.15, 0.2) is 0 Å². The second-order valence-corrected chi connectivity index (χ2v) is 3.52. The lowest BCUT2D eigenvalue weighted by Crippen LogP contribution is -2.21. The summed E-state index contributed by atoms with van der Waals surface area (Å²) in [5.74, 6) is 0. The van der Waals surface area contributed by atoms with Gasteiger partial charge in [-0.3, -0.25) is 0 Å². The van der Waals surface area contributed by atoms with Gasteiger partial charge in [0.1, 0.15) is 6.10 Å². The summed E-state index contributed by atoms with van der Waals surface area (Å²) in [6.07, 6.45) is 3.14. The molecule has 1 aliphatic rings. The molecule has 2 N–H and O–H groups in total. The number of carbonyl (C=O) groups is 1. The van der Waals surface area contributed by atoms with Crippen LogP contribution in [-0.2, 0) is 4.74 Å². The van der Waals surface area contributed by atoms with Crippen molar-refractivity contribution in [1.29, 1.82) is 0 Å². The fraction of sp³-hybridized carbons (Fsp3) is 0.889. The average Bonchev–Trinajstić information content (AvgIpc) is 1.99. The Hall–Kier alpha value is -0.770. The molecule has 0 aromatic carbocycles. The number of aliphatic hydroxyl groups excluding tert-OH is 1. The Labute approximate surface area is 77.5 Å². The van der Waals surface area contributed by atoms with Gasteiger partial charge in [0.25, 0.3) is 0 Å². The van der Waals surface area contributed by atoms with Crippen molar-refractivity contribution in [3.8, 4) is 0 Å². The van der Waals surface area contributed by atoms with Crippen molar-refractivity contribution in [2.45, 2.75) is 50.7 Å². The van der Waals surface area contributed by atoms with Crippen LogP contribution in [0, 0.1) is 0 Å². The zero-order valence-corrected chi connectivity index (χ0v) is 7.61. The summed E-state index contributed by atoms with van der Waals surface area (Å²) in [5.41, 5.74) is 0. The van der Waals surface area contributed by atoms with E-state index in [9.17, 15) is 9.90 Å². The number of rotatable bonds is 1. The number of hydrogen-bond acceptors (Lipinski definition) is 3. The first-order valence-corrected chi connectivity index (χ1v) is 4.76. The number of ether oxygens (including phenoxy) is 1. The van der Waals surface area contributed by atoms with Gasteiger partial charge in [-0.1, -0.05) is 0 Å². The Bertz CT molecular complexity index is 159. The highest BCUT2D eigenvalue weighted by Crippen LogP contribution is 2.19. The summed E-state index contributed by atoms with van der Waals surface area (Å²) in [4.78, 5) is 10.3. The lowest BCUT2D eigenvalue weighted by molar-refractivity contribution is 0.0327. The number of hydrogen-bond donors (Lipinski definition) is 2. The van der Waals surface area contributed by atoms with Crippen LogP contribution in [0.25, 0.3) is 0 Å². The first kappa shape index (κ1) is 10.3. The van der Waals surface area contributed by atoms with E-state index in [2.05, 4.69) is 0 Å². The average molecular weight is 188 g/mol. The summed E-state index contributed by atoms with van der Waals surface area (Å²) in [6.45, 7) is 0. The molecule has 0 bridgehead atoms. The van der Waals surface area contributed by atoms with Gasteiger partial charge in [0.05, 0.1) is 6.10 Å². The summed E-state index contributed by atoms with van der Waals surface area (Å²) in [5, 5.41) is 17.7. The SMILES string of the molecule is O=C(O)OC1CCCC(O)CCC1. The van der Waals surface area contributed by atoms with E-state index in [-0.39, 0.29) is 12.2 Å². The van der Waals surface area contributed by atoms with Crippen LogP contribution in [0.2, 0.25) is 0 Å². The molecular weight excluding hydrogens is 172 g/mol. The van der Waals surface area contributed by atoms with Crippen LogP contribution in [0.3, 0.4) is 0 Å². The minimum Gasteiger partial charge on any atom is -0.450 e. The second kappa shape index (κ2) is 5.07. The minimum atomic E-state index is -1.19. The third-order valence-electron chi connectivity index (χ3n) is 2.39. The van der Waals surface area contributed by atoms with Crippen molar-refractivity contribution in [3.63, 3.8) is 0 Å². The third-order valence-corrected chi connectivity index (χ3v) is 2.39. The number of carboxylic acid groups (broad SMARTS) is 1. The molecule has 1 aliphatic carbocycles. The van der Waals surface area contributed by atoms with E-state index in [0.717, 1.165) is 38.5 Å². The Balaban J connectivity index is 2.28. The summed E-state index contributed by atoms with van der Waals surface area (Å²) in [6, 6.07) is 0. The van der Waals surface area contributed by atoms with Gasteiger partial charge in [-0.25, -0.2) is 4.79 Å². The predicted octanol–water partition coefficient (Wildman–Crippen LogP) is 1.76. The van der Waals surface area contributed by atoms with Crippen LogP contribution in [-0.4, -0.2) is 28.6 Å². The molecule has 4 heteroatoms. The molecule has 0 aromatic heterocycles. The Kier molecular flexibility index (Phi) is 4.02. The van der Waals surface area contributed by atoms with E-state index in [0.29, 0.717) is 0 Å². The van der Waals surface area contributed by atoms with Crippen LogP contribution in [0.1, 0.15) is 38.5 Å². The Morgan fingerprint density at radius 1 is 1.15 bits per heavy atom. The normalized spacial score (nSPS) is 30.2. The quantitative estimate of drug-likeness (QED) is 0.615. The van der Waals surface area contributed by atoms with Crippen LogP contribution in [0.4, 0.5) is 4.79 Å². The van der Waals surface area contributed by atoms with Gasteiger partial charge in [0, 0.05) is 0 Å². The molecule has 0 spiro atoms. The van der Waals surface area contributed by atoms with Gasteiger partial charge < -0.3 is 14.9 Å². The van der Waals surface area contributed by atoms with Gasteiger partial charge in [-0.15, -0.1) is 0 Å². The summed E-state index contributed by atoms with van der Waals surface area (Å²) in [7, 11) is 0. The summed E-state index contributed by atoms with van der Waals surface area (Å²) < 4.78 is 4.70. The van der Waals surface area contributed by atoms with E-state index in [1.807, 2.05) is 0 Å². The standard InChI is InChI=1S/C9H16O4/c10-7-3-1-5-8(6-2-4-7)13-9(11)12/h7-8,10H,1-6H2,(H,11,12). The van der Waals surface area contributed by atoms with E-state index in [1.165, 1.54) is 0 Å². The van der Waals surface area contributed by atoms with Crippen molar-refractivity contribution in [2.24, 2.45) is 0 Å². The van der Waals surface area contributed by atoms with Crippen LogP contribution < -0.4 is 0 Å². The maximum Gasteiger partial charge on any atom is 0.506 e. The van der Waals surface area contributed by atoms with Crippen LogP contribution in [0.5, 0.6) is 0 Å². The molecule has 0 saturated heterocycles. The van der Waals surface area contributed by atoms with Crippen molar-refractivity contribution >= 4 is 6.16 Å². The zero-order chi connectivity index (χ0) is 9.68. The van der Waals surface area contributed by atoms with Gasteiger partial charge >= 0.3 is 6.16 Å². The fourth-order valence-corrected chi connectivity index (χ4v) is 1.71. The largest absolute Gasteiger partial charge is 0.506 e. The van der Waals surface area contributed by atoms with E-state index < -0.39 is 6.16 Å². The zero-order valence-electron chi connectivity index (χ0n) is 7.61. The highest BCUT2D eigenvalue weighted by Gasteiger charge is 2.17. The van der Waals surface area contributed by atoms with Gasteiger partial charge in [0.2, 0.25) is 0 Å². The molecule has 0 aliphatic heterocycles. The van der Waals surface area contributed by atoms with E-state index >= 15 is 0 Å². The first-order chi connectivity index (χ1) is 6.18. The minimum absolute atomic E-state index is 0.162. The van der Waals surface area contributed by atoms with Crippen molar-refractivity contribution in [3.05, 3.63) is 0 Å². The predicted molar refractivity (Wildman–Crippen MR) is 46.6 cm³/mol. The second-order valence-electron chi connectivity index (χ2n) is 3.52. The lowest BCUT2D eigenvalue weighted by atomic mass is 9.97. The fourth-order valence-electron chi connectivity index (χ4n) is 1.71. The monoisotopic (exact) mass is 188 g/mol. The van der Waals surface area contributed by atoms with Crippen molar-refractivity contribution in [1.82, 2.24) is 0 Å². The van der Waals surface area contributed by atoms with Crippen molar-refractivity contribution in [2.75, 3.05) is 0 Å². The molecule has 0 unspecified atom stereocenters.